The van der Waals surface area contributed by atoms with Crippen molar-refractivity contribution in [2.24, 2.45) is 5.41 Å². The molecule has 5 heteroatoms. The highest BCUT2D eigenvalue weighted by atomic mass is 32.2. The van der Waals surface area contributed by atoms with Crippen molar-refractivity contribution in [3.8, 4) is 0 Å². The average Bonchev–Trinajstić information content (AvgIpc) is 2.62. The number of H-pyrrole nitrogens is 1. The quantitative estimate of drug-likeness (QED) is 0.756. The minimum absolute atomic E-state index is 0.267. The summed E-state index contributed by atoms with van der Waals surface area (Å²) in [6.45, 7) is 9.89. The van der Waals surface area contributed by atoms with E-state index >= 15 is 0 Å². The second-order valence-electron chi connectivity index (χ2n) is 4.58. The molecular formula is C10H20N4S. The average molecular weight is 228 g/mol. The summed E-state index contributed by atoms with van der Waals surface area (Å²) in [5.41, 5.74) is 0.267. The molecular weight excluding hydrogens is 208 g/mol. The van der Waals surface area contributed by atoms with Crippen molar-refractivity contribution in [3.63, 3.8) is 0 Å². The van der Waals surface area contributed by atoms with Crippen LogP contribution in [0, 0.1) is 5.41 Å². The van der Waals surface area contributed by atoms with Gasteiger partial charge < -0.3 is 5.32 Å². The van der Waals surface area contributed by atoms with Gasteiger partial charge in [0, 0.05) is 11.8 Å². The van der Waals surface area contributed by atoms with Gasteiger partial charge in [-0.2, -0.15) is 5.10 Å². The minimum atomic E-state index is 0.267. The third-order valence-electron chi connectivity index (χ3n) is 2.28. The predicted octanol–water partition coefficient (Wildman–Crippen LogP) is 1.92. The fourth-order valence-corrected chi connectivity index (χ4v) is 2.47. The predicted molar refractivity (Wildman–Crippen MR) is 64.0 cm³/mol. The number of aromatic amines is 1. The molecule has 0 spiro atoms. The van der Waals surface area contributed by atoms with Crippen molar-refractivity contribution in [1.82, 2.24) is 20.5 Å². The van der Waals surface area contributed by atoms with Gasteiger partial charge in [0.2, 0.25) is 0 Å². The van der Waals surface area contributed by atoms with Gasteiger partial charge in [-0.25, -0.2) is 4.98 Å². The van der Waals surface area contributed by atoms with Gasteiger partial charge in [-0.15, -0.1) is 0 Å². The van der Waals surface area contributed by atoms with E-state index in [-0.39, 0.29) is 5.41 Å². The Kier molecular flexibility index (Phi) is 4.60. The molecule has 0 saturated carbocycles. The van der Waals surface area contributed by atoms with Crippen LogP contribution in [0.15, 0.2) is 11.5 Å². The maximum atomic E-state index is 4.10. The van der Waals surface area contributed by atoms with Crippen LogP contribution in [0.4, 0.5) is 0 Å². The first kappa shape index (κ1) is 12.5. The summed E-state index contributed by atoms with van der Waals surface area (Å²) in [5, 5.41) is 11.1. The lowest BCUT2D eigenvalue weighted by Crippen LogP contribution is -2.42. The van der Waals surface area contributed by atoms with Gasteiger partial charge >= 0.3 is 0 Å². The first-order chi connectivity index (χ1) is 7.04. The third-order valence-corrected chi connectivity index (χ3v) is 3.25. The van der Waals surface area contributed by atoms with Crippen molar-refractivity contribution in [2.45, 2.75) is 38.9 Å². The maximum absolute atomic E-state index is 4.10. The monoisotopic (exact) mass is 228 g/mol. The summed E-state index contributed by atoms with van der Waals surface area (Å²) in [4.78, 5) is 4.10. The smallest absolute Gasteiger partial charge is 0.183 e. The summed E-state index contributed by atoms with van der Waals surface area (Å²) in [6.07, 6.45) is 1.54. The third kappa shape index (κ3) is 4.22. The Morgan fingerprint density at radius 1 is 1.53 bits per heavy atom. The highest BCUT2D eigenvalue weighted by Gasteiger charge is 2.23. The Labute approximate surface area is 95.6 Å². The molecule has 1 atom stereocenters. The molecule has 86 valence electrons. The van der Waals surface area contributed by atoms with Crippen LogP contribution in [0.2, 0.25) is 0 Å². The molecule has 0 fully saturated rings. The Morgan fingerprint density at radius 2 is 2.27 bits per heavy atom. The van der Waals surface area contributed by atoms with Crippen molar-refractivity contribution < 1.29 is 0 Å². The zero-order chi connectivity index (χ0) is 11.3. The molecule has 0 aliphatic carbocycles. The van der Waals surface area contributed by atoms with Crippen LogP contribution in [-0.2, 0) is 0 Å². The van der Waals surface area contributed by atoms with Crippen LogP contribution in [-0.4, -0.2) is 33.5 Å². The molecule has 15 heavy (non-hydrogen) atoms. The summed E-state index contributed by atoms with van der Waals surface area (Å²) in [5.74, 6) is 1.01. The van der Waals surface area contributed by atoms with Gasteiger partial charge in [0.25, 0.3) is 0 Å². The minimum Gasteiger partial charge on any atom is -0.313 e. The number of hydrogen-bond donors (Lipinski definition) is 2. The molecule has 0 radical (unpaired) electrons. The normalized spacial score (nSPS) is 14.1. The van der Waals surface area contributed by atoms with E-state index in [0.717, 1.165) is 17.5 Å². The number of aromatic nitrogens is 3. The molecule has 0 aliphatic heterocycles. The van der Waals surface area contributed by atoms with Crippen molar-refractivity contribution in [2.75, 3.05) is 12.3 Å². The van der Waals surface area contributed by atoms with E-state index in [1.54, 1.807) is 18.1 Å². The van der Waals surface area contributed by atoms with Crippen LogP contribution < -0.4 is 5.32 Å². The van der Waals surface area contributed by atoms with Gasteiger partial charge in [-0.05, 0) is 12.0 Å². The molecule has 0 aromatic carbocycles. The topological polar surface area (TPSA) is 53.6 Å². The first-order valence-corrected chi connectivity index (χ1v) is 6.24. The SMILES string of the molecule is CCNC(CSc1ncn[nH]1)C(C)(C)C. The van der Waals surface area contributed by atoms with E-state index in [1.165, 1.54) is 0 Å². The molecule has 0 saturated heterocycles. The van der Waals surface area contributed by atoms with Crippen LogP contribution in [0.25, 0.3) is 0 Å². The Morgan fingerprint density at radius 3 is 2.73 bits per heavy atom. The molecule has 1 heterocycles. The van der Waals surface area contributed by atoms with Crippen LogP contribution in [0.5, 0.6) is 0 Å². The maximum Gasteiger partial charge on any atom is 0.183 e. The number of thioether (sulfide) groups is 1. The van der Waals surface area contributed by atoms with E-state index in [1.807, 2.05) is 0 Å². The molecule has 4 nitrogen and oxygen atoms in total. The molecule has 0 aliphatic rings. The van der Waals surface area contributed by atoms with Crippen molar-refractivity contribution >= 4 is 11.8 Å². The second kappa shape index (κ2) is 5.51. The van der Waals surface area contributed by atoms with Gasteiger partial charge in [0.05, 0.1) is 0 Å². The van der Waals surface area contributed by atoms with Gasteiger partial charge in [0.1, 0.15) is 6.33 Å². The standard InChI is InChI=1S/C10H20N4S/c1-5-11-8(10(2,3)4)6-15-9-12-7-13-14-9/h7-8,11H,5-6H2,1-4H3,(H,12,13,14). The van der Waals surface area contributed by atoms with Gasteiger partial charge in [-0.1, -0.05) is 39.5 Å². The van der Waals surface area contributed by atoms with E-state index in [2.05, 4.69) is 48.2 Å². The molecule has 1 aromatic heterocycles. The fourth-order valence-electron chi connectivity index (χ4n) is 1.29. The first-order valence-electron chi connectivity index (χ1n) is 5.25. The fraction of sp³-hybridized carbons (Fsp3) is 0.800. The van der Waals surface area contributed by atoms with E-state index in [9.17, 15) is 0 Å². The highest BCUT2D eigenvalue weighted by Crippen LogP contribution is 2.24. The number of rotatable bonds is 5. The zero-order valence-electron chi connectivity index (χ0n) is 9.87. The molecule has 0 amide bonds. The van der Waals surface area contributed by atoms with Crippen LogP contribution in [0.1, 0.15) is 27.7 Å². The lowest BCUT2D eigenvalue weighted by Gasteiger charge is -2.30. The van der Waals surface area contributed by atoms with Gasteiger partial charge in [-0.3, -0.25) is 5.10 Å². The summed E-state index contributed by atoms with van der Waals surface area (Å²) in [6, 6.07) is 0.484. The zero-order valence-corrected chi connectivity index (χ0v) is 10.7. The van der Waals surface area contributed by atoms with Crippen molar-refractivity contribution in [1.29, 1.82) is 0 Å². The summed E-state index contributed by atoms with van der Waals surface area (Å²) >= 11 is 1.71. The Bertz CT molecular complexity index is 265. The summed E-state index contributed by atoms with van der Waals surface area (Å²) in [7, 11) is 0. The van der Waals surface area contributed by atoms with Gasteiger partial charge in [0.15, 0.2) is 5.16 Å². The molecule has 1 rings (SSSR count). The highest BCUT2D eigenvalue weighted by molar-refractivity contribution is 7.99. The number of nitrogens with one attached hydrogen (secondary N) is 2. The molecule has 2 N–H and O–H groups in total. The Balaban J connectivity index is 2.45. The van der Waals surface area contributed by atoms with Crippen molar-refractivity contribution in [3.05, 3.63) is 6.33 Å². The second-order valence-corrected chi connectivity index (χ2v) is 5.59. The van der Waals surface area contributed by atoms with Crippen LogP contribution >= 0.6 is 11.8 Å². The Hall–Kier alpha value is -0.550. The lowest BCUT2D eigenvalue weighted by molar-refractivity contribution is 0.295. The summed E-state index contributed by atoms with van der Waals surface area (Å²) < 4.78 is 0. The van der Waals surface area contributed by atoms with E-state index in [0.29, 0.717) is 6.04 Å². The number of nitrogens with zero attached hydrogens (tertiary/aromatic N) is 2. The molecule has 1 aromatic rings. The van der Waals surface area contributed by atoms with E-state index in [4.69, 9.17) is 0 Å². The largest absolute Gasteiger partial charge is 0.313 e. The lowest BCUT2D eigenvalue weighted by atomic mass is 9.88. The molecule has 0 bridgehead atoms. The van der Waals surface area contributed by atoms with Crippen LogP contribution in [0.3, 0.4) is 0 Å². The molecule has 1 unspecified atom stereocenters. The van der Waals surface area contributed by atoms with E-state index < -0.39 is 0 Å². The number of hydrogen-bond acceptors (Lipinski definition) is 4.